The number of Topliss-reactive ketones (excluding diaryl/α,β-unsaturated/α-hetero) is 1. The molecule has 1 aromatic carbocycles. The smallest absolute Gasteiger partial charge is 0.211 e. The Morgan fingerprint density at radius 3 is 2.59 bits per heavy atom. The molecule has 3 heterocycles. The number of hydrogen-bond acceptors (Lipinski definition) is 5. The summed E-state index contributed by atoms with van der Waals surface area (Å²) in [5, 5.41) is 0. The summed E-state index contributed by atoms with van der Waals surface area (Å²) in [5.74, 6) is 1.27. The van der Waals surface area contributed by atoms with Crippen LogP contribution in [0.25, 0.3) is 0 Å². The molecule has 1 saturated heterocycles. The molecule has 2 aliphatic rings. The van der Waals surface area contributed by atoms with Crippen LogP contribution in [0.1, 0.15) is 42.4 Å². The molecule has 0 bridgehead atoms. The Kier molecular flexibility index (Phi) is 6.90. The van der Waals surface area contributed by atoms with Crippen molar-refractivity contribution in [2.24, 2.45) is 5.92 Å². The number of ketones is 1. The van der Waals surface area contributed by atoms with E-state index in [4.69, 9.17) is 0 Å². The van der Waals surface area contributed by atoms with Gasteiger partial charge in [-0.2, -0.15) is 4.31 Å². The fourth-order valence-electron chi connectivity index (χ4n) is 4.66. The first-order chi connectivity index (χ1) is 15.3. The van der Waals surface area contributed by atoms with Crippen molar-refractivity contribution < 1.29 is 17.6 Å². The molecule has 0 unspecified atom stereocenters. The molecular formula is C24H30FN3O3S. The van der Waals surface area contributed by atoms with Crippen LogP contribution in [0.3, 0.4) is 0 Å². The zero-order valence-corrected chi connectivity index (χ0v) is 19.3. The SMILES string of the molecule is CS(=O)(=O)N1CCc2cc(CC(=O)CCC3CCN(c4ccc(F)cn4)CC3)ccc2C1. The zero-order chi connectivity index (χ0) is 22.7. The van der Waals surface area contributed by atoms with Crippen LogP contribution >= 0.6 is 0 Å². The molecule has 172 valence electrons. The van der Waals surface area contributed by atoms with Crippen molar-refractivity contribution >= 4 is 21.6 Å². The number of piperidine rings is 1. The van der Waals surface area contributed by atoms with Crippen LogP contribution in [-0.4, -0.2) is 49.4 Å². The molecule has 0 amide bonds. The van der Waals surface area contributed by atoms with Gasteiger partial charge in [0.25, 0.3) is 0 Å². The number of carbonyl (C=O) groups excluding carboxylic acids is 1. The van der Waals surface area contributed by atoms with E-state index in [9.17, 15) is 17.6 Å². The van der Waals surface area contributed by atoms with Gasteiger partial charge >= 0.3 is 0 Å². The standard InChI is InChI=1S/C24H30FN3O3S/c1-32(30,31)28-13-10-20-14-19(2-4-21(20)17-28)15-23(29)6-3-18-8-11-27(12-9-18)24-7-5-22(25)16-26-24/h2,4-5,7,14,16,18H,3,6,8-13,15,17H2,1H3. The predicted octanol–water partition coefficient (Wildman–Crippen LogP) is 3.35. The number of pyridine rings is 1. The van der Waals surface area contributed by atoms with Crippen molar-refractivity contribution in [3.05, 3.63) is 59.0 Å². The monoisotopic (exact) mass is 459 g/mol. The lowest BCUT2D eigenvalue weighted by atomic mass is 9.90. The maximum Gasteiger partial charge on any atom is 0.211 e. The summed E-state index contributed by atoms with van der Waals surface area (Å²) in [6.45, 7) is 2.67. The fraction of sp³-hybridized carbons (Fsp3) is 0.500. The fourth-order valence-corrected chi connectivity index (χ4v) is 5.46. The Morgan fingerprint density at radius 2 is 1.91 bits per heavy atom. The number of nitrogens with zero attached hydrogens (tertiary/aromatic N) is 3. The summed E-state index contributed by atoms with van der Waals surface area (Å²) in [7, 11) is -3.18. The Balaban J connectivity index is 1.23. The molecule has 6 nitrogen and oxygen atoms in total. The molecule has 32 heavy (non-hydrogen) atoms. The number of carbonyl (C=O) groups is 1. The van der Waals surface area contributed by atoms with Gasteiger partial charge in [-0.3, -0.25) is 4.79 Å². The first-order valence-corrected chi connectivity index (χ1v) is 13.1. The summed E-state index contributed by atoms with van der Waals surface area (Å²) in [6.07, 6.45) is 7.13. The molecule has 2 aromatic rings. The van der Waals surface area contributed by atoms with Gasteiger partial charge in [0.15, 0.2) is 0 Å². The van der Waals surface area contributed by atoms with Crippen LogP contribution in [-0.2, 0) is 34.2 Å². The largest absolute Gasteiger partial charge is 0.357 e. The third kappa shape index (κ3) is 5.72. The lowest BCUT2D eigenvalue weighted by Gasteiger charge is -2.32. The minimum atomic E-state index is -3.18. The van der Waals surface area contributed by atoms with Crippen LogP contribution in [0, 0.1) is 11.7 Å². The molecule has 1 fully saturated rings. The van der Waals surface area contributed by atoms with Crippen molar-refractivity contribution in [3.8, 4) is 0 Å². The Bertz CT molecular complexity index is 1060. The van der Waals surface area contributed by atoms with E-state index in [2.05, 4.69) is 16.0 Å². The zero-order valence-electron chi connectivity index (χ0n) is 18.5. The van der Waals surface area contributed by atoms with Crippen molar-refractivity contribution in [1.29, 1.82) is 0 Å². The normalized spacial score (nSPS) is 17.9. The third-order valence-corrected chi connectivity index (χ3v) is 7.85. The first kappa shape index (κ1) is 22.9. The maximum atomic E-state index is 13.1. The van der Waals surface area contributed by atoms with Gasteiger partial charge < -0.3 is 4.90 Å². The highest BCUT2D eigenvalue weighted by molar-refractivity contribution is 7.88. The van der Waals surface area contributed by atoms with Gasteiger partial charge in [0.2, 0.25) is 10.0 Å². The quantitative estimate of drug-likeness (QED) is 0.635. The number of benzene rings is 1. The van der Waals surface area contributed by atoms with Crippen LogP contribution < -0.4 is 4.90 Å². The number of aromatic nitrogens is 1. The topological polar surface area (TPSA) is 70.6 Å². The average Bonchev–Trinajstić information content (AvgIpc) is 2.77. The molecule has 0 saturated carbocycles. The Hall–Kier alpha value is -2.32. The highest BCUT2D eigenvalue weighted by Crippen LogP contribution is 2.26. The van der Waals surface area contributed by atoms with E-state index in [0.29, 0.717) is 38.3 Å². The predicted molar refractivity (Wildman–Crippen MR) is 122 cm³/mol. The Morgan fingerprint density at radius 1 is 1.12 bits per heavy atom. The molecule has 1 aromatic heterocycles. The summed E-state index contributed by atoms with van der Waals surface area (Å²) >= 11 is 0. The minimum Gasteiger partial charge on any atom is -0.357 e. The highest BCUT2D eigenvalue weighted by atomic mass is 32.2. The molecule has 0 radical (unpaired) electrons. The van der Waals surface area contributed by atoms with Gasteiger partial charge in [-0.1, -0.05) is 18.2 Å². The summed E-state index contributed by atoms with van der Waals surface area (Å²) in [4.78, 5) is 18.9. The first-order valence-electron chi connectivity index (χ1n) is 11.2. The molecule has 0 aliphatic carbocycles. The molecule has 0 atom stereocenters. The molecule has 0 N–H and O–H groups in total. The van der Waals surface area contributed by atoms with E-state index in [0.717, 1.165) is 54.9 Å². The van der Waals surface area contributed by atoms with Gasteiger partial charge in [0.05, 0.1) is 12.5 Å². The summed E-state index contributed by atoms with van der Waals surface area (Å²) in [6, 6.07) is 9.15. The molecule has 0 spiro atoms. The van der Waals surface area contributed by atoms with E-state index in [1.807, 2.05) is 12.1 Å². The molecule has 2 aliphatic heterocycles. The number of hydrogen-bond donors (Lipinski definition) is 0. The lowest BCUT2D eigenvalue weighted by molar-refractivity contribution is -0.118. The van der Waals surface area contributed by atoms with Crippen LogP contribution in [0.15, 0.2) is 36.5 Å². The number of rotatable bonds is 7. The number of anilines is 1. The van der Waals surface area contributed by atoms with Crippen LogP contribution in [0.5, 0.6) is 0 Å². The van der Waals surface area contributed by atoms with Crippen molar-refractivity contribution in [2.45, 2.75) is 45.1 Å². The highest BCUT2D eigenvalue weighted by Gasteiger charge is 2.24. The number of fused-ring (bicyclic) bond motifs is 1. The van der Waals surface area contributed by atoms with E-state index in [1.165, 1.54) is 22.8 Å². The second-order valence-corrected chi connectivity index (χ2v) is 11.0. The minimum absolute atomic E-state index is 0.251. The lowest BCUT2D eigenvalue weighted by Crippen LogP contribution is -2.35. The summed E-state index contributed by atoms with van der Waals surface area (Å²) < 4.78 is 38.1. The second kappa shape index (κ2) is 9.67. The van der Waals surface area contributed by atoms with Gasteiger partial charge in [-0.25, -0.2) is 17.8 Å². The number of sulfonamides is 1. The molecule has 8 heteroatoms. The van der Waals surface area contributed by atoms with E-state index < -0.39 is 10.0 Å². The molecule has 4 rings (SSSR count). The van der Waals surface area contributed by atoms with Crippen molar-refractivity contribution in [3.63, 3.8) is 0 Å². The average molecular weight is 460 g/mol. The van der Waals surface area contributed by atoms with Gasteiger partial charge in [0, 0.05) is 39.0 Å². The van der Waals surface area contributed by atoms with Crippen molar-refractivity contribution in [1.82, 2.24) is 9.29 Å². The van der Waals surface area contributed by atoms with E-state index in [1.54, 1.807) is 6.07 Å². The van der Waals surface area contributed by atoms with E-state index >= 15 is 0 Å². The van der Waals surface area contributed by atoms with Crippen LogP contribution in [0.2, 0.25) is 0 Å². The van der Waals surface area contributed by atoms with Crippen molar-refractivity contribution in [2.75, 3.05) is 30.8 Å². The Labute approximate surface area is 189 Å². The van der Waals surface area contributed by atoms with E-state index in [-0.39, 0.29) is 11.6 Å². The second-order valence-electron chi connectivity index (χ2n) is 8.97. The van der Waals surface area contributed by atoms with Gasteiger partial charge in [-0.05, 0) is 60.4 Å². The van der Waals surface area contributed by atoms with Gasteiger partial charge in [0.1, 0.15) is 17.4 Å². The van der Waals surface area contributed by atoms with Gasteiger partial charge in [-0.15, -0.1) is 0 Å². The van der Waals surface area contributed by atoms with Crippen LogP contribution in [0.4, 0.5) is 10.2 Å². The number of halogens is 1. The third-order valence-electron chi connectivity index (χ3n) is 6.60. The summed E-state index contributed by atoms with van der Waals surface area (Å²) in [5.41, 5.74) is 3.19. The maximum absolute atomic E-state index is 13.1. The molecular weight excluding hydrogens is 429 g/mol.